The summed E-state index contributed by atoms with van der Waals surface area (Å²) < 4.78 is 22.9. The van der Waals surface area contributed by atoms with E-state index in [1.54, 1.807) is 47.5 Å². The molecular formula is C16H19NO3S2. The number of benzene rings is 1. The molecule has 1 amide bonds. The van der Waals surface area contributed by atoms with E-state index in [9.17, 15) is 13.2 Å². The highest BCUT2D eigenvalue weighted by atomic mass is 32.2. The second-order valence-electron chi connectivity index (χ2n) is 5.28. The predicted octanol–water partition coefficient (Wildman–Crippen LogP) is 2.91. The lowest BCUT2D eigenvalue weighted by atomic mass is 10.1. The summed E-state index contributed by atoms with van der Waals surface area (Å²) in [5.41, 5.74) is 0.912. The molecule has 1 aromatic carbocycles. The molecule has 118 valence electrons. The maximum absolute atomic E-state index is 12.3. The molecule has 0 bridgehead atoms. The molecular weight excluding hydrogens is 318 g/mol. The van der Waals surface area contributed by atoms with E-state index in [1.165, 1.54) is 6.26 Å². The zero-order valence-electron chi connectivity index (χ0n) is 12.8. The van der Waals surface area contributed by atoms with E-state index in [1.807, 2.05) is 24.4 Å². The lowest BCUT2D eigenvalue weighted by Gasteiger charge is -2.25. The van der Waals surface area contributed by atoms with E-state index in [4.69, 9.17) is 0 Å². The number of amides is 1. The van der Waals surface area contributed by atoms with E-state index >= 15 is 0 Å². The Hall–Kier alpha value is -1.66. The van der Waals surface area contributed by atoms with Gasteiger partial charge in [-0.2, -0.15) is 0 Å². The molecule has 2 aromatic rings. The molecule has 4 nitrogen and oxygen atoms in total. The standard InChI is InChI=1S/C16H19NO3S2/c1-12(13-6-8-15(9-7-13)22(3,19)20)17(2)16(18)11-14-5-4-10-21-14/h4-10,12H,11H2,1-3H3. The van der Waals surface area contributed by atoms with E-state index < -0.39 is 9.84 Å². The summed E-state index contributed by atoms with van der Waals surface area (Å²) in [6.07, 6.45) is 1.57. The van der Waals surface area contributed by atoms with Gasteiger partial charge in [0.15, 0.2) is 9.84 Å². The van der Waals surface area contributed by atoms with Crippen LogP contribution >= 0.6 is 11.3 Å². The van der Waals surface area contributed by atoms with Gasteiger partial charge in [-0.05, 0) is 36.1 Å². The Kier molecular flexibility index (Phi) is 5.03. The van der Waals surface area contributed by atoms with Gasteiger partial charge in [-0.1, -0.05) is 18.2 Å². The Morgan fingerprint density at radius 2 is 1.86 bits per heavy atom. The second kappa shape index (κ2) is 6.62. The third-order valence-electron chi connectivity index (χ3n) is 3.67. The van der Waals surface area contributed by atoms with Crippen LogP contribution in [0.1, 0.15) is 23.4 Å². The minimum Gasteiger partial charge on any atom is -0.339 e. The maximum Gasteiger partial charge on any atom is 0.228 e. The van der Waals surface area contributed by atoms with Gasteiger partial charge in [0, 0.05) is 18.2 Å². The predicted molar refractivity (Wildman–Crippen MR) is 88.8 cm³/mol. The van der Waals surface area contributed by atoms with Gasteiger partial charge in [0.05, 0.1) is 17.4 Å². The zero-order valence-corrected chi connectivity index (χ0v) is 14.4. The SMILES string of the molecule is CC(c1ccc(S(C)(=O)=O)cc1)N(C)C(=O)Cc1cccs1. The van der Waals surface area contributed by atoms with Gasteiger partial charge in [-0.3, -0.25) is 4.79 Å². The van der Waals surface area contributed by atoms with Crippen molar-refractivity contribution in [1.82, 2.24) is 4.90 Å². The van der Waals surface area contributed by atoms with Crippen molar-refractivity contribution in [2.24, 2.45) is 0 Å². The fourth-order valence-electron chi connectivity index (χ4n) is 2.12. The van der Waals surface area contributed by atoms with Crippen LogP contribution in [-0.4, -0.2) is 32.5 Å². The topological polar surface area (TPSA) is 54.5 Å². The molecule has 0 radical (unpaired) electrons. The summed E-state index contributed by atoms with van der Waals surface area (Å²) in [5, 5.41) is 1.95. The Bertz CT molecular complexity index is 734. The molecule has 1 unspecified atom stereocenters. The highest BCUT2D eigenvalue weighted by Gasteiger charge is 2.18. The van der Waals surface area contributed by atoms with Crippen LogP contribution in [0.25, 0.3) is 0 Å². The highest BCUT2D eigenvalue weighted by Crippen LogP contribution is 2.22. The molecule has 0 saturated carbocycles. The number of hydrogen-bond acceptors (Lipinski definition) is 4. The van der Waals surface area contributed by atoms with Crippen molar-refractivity contribution < 1.29 is 13.2 Å². The largest absolute Gasteiger partial charge is 0.339 e. The number of hydrogen-bond donors (Lipinski definition) is 0. The fraction of sp³-hybridized carbons (Fsp3) is 0.312. The van der Waals surface area contributed by atoms with Gasteiger partial charge in [0.2, 0.25) is 5.91 Å². The molecule has 6 heteroatoms. The smallest absolute Gasteiger partial charge is 0.228 e. The van der Waals surface area contributed by atoms with Crippen molar-refractivity contribution in [3.8, 4) is 0 Å². The van der Waals surface area contributed by atoms with Crippen LogP contribution in [0.4, 0.5) is 0 Å². The van der Waals surface area contributed by atoms with E-state index in [-0.39, 0.29) is 16.8 Å². The minimum absolute atomic E-state index is 0.0436. The number of carbonyl (C=O) groups excluding carboxylic acids is 1. The van der Waals surface area contributed by atoms with Crippen LogP contribution in [0.2, 0.25) is 0 Å². The number of nitrogens with zero attached hydrogens (tertiary/aromatic N) is 1. The number of rotatable bonds is 5. The first-order valence-corrected chi connectivity index (χ1v) is 9.64. The molecule has 1 aromatic heterocycles. The first-order chi connectivity index (χ1) is 10.3. The molecule has 0 saturated heterocycles. The Morgan fingerprint density at radius 1 is 1.23 bits per heavy atom. The minimum atomic E-state index is -3.20. The molecule has 22 heavy (non-hydrogen) atoms. The normalized spacial score (nSPS) is 12.9. The van der Waals surface area contributed by atoms with Gasteiger partial charge in [-0.25, -0.2) is 8.42 Å². The van der Waals surface area contributed by atoms with Crippen molar-refractivity contribution >= 4 is 27.1 Å². The monoisotopic (exact) mass is 337 g/mol. The van der Waals surface area contributed by atoms with Crippen LogP contribution in [0.15, 0.2) is 46.7 Å². The van der Waals surface area contributed by atoms with Crippen LogP contribution < -0.4 is 0 Å². The molecule has 1 heterocycles. The molecule has 0 aliphatic carbocycles. The summed E-state index contributed by atoms with van der Waals surface area (Å²) in [4.78, 5) is 15.3. The van der Waals surface area contributed by atoms with Crippen molar-refractivity contribution in [2.75, 3.05) is 13.3 Å². The van der Waals surface area contributed by atoms with Crippen molar-refractivity contribution in [3.05, 3.63) is 52.2 Å². The zero-order chi connectivity index (χ0) is 16.3. The van der Waals surface area contributed by atoms with Crippen molar-refractivity contribution in [2.45, 2.75) is 24.3 Å². The van der Waals surface area contributed by atoms with Gasteiger partial charge in [0.25, 0.3) is 0 Å². The summed E-state index contributed by atoms with van der Waals surface area (Å²) >= 11 is 1.57. The van der Waals surface area contributed by atoms with E-state index in [0.29, 0.717) is 6.42 Å². The third-order valence-corrected chi connectivity index (χ3v) is 5.68. The van der Waals surface area contributed by atoms with Crippen molar-refractivity contribution in [1.29, 1.82) is 0 Å². The van der Waals surface area contributed by atoms with Crippen LogP contribution in [0, 0.1) is 0 Å². The average molecular weight is 337 g/mol. The van der Waals surface area contributed by atoms with Crippen LogP contribution in [0.3, 0.4) is 0 Å². The summed E-state index contributed by atoms with van der Waals surface area (Å²) in [6, 6.07) is 10.5. The average Bonchev–Trinajstić information content (AvgIpc) is 2.97. The molecule has 0 fully saturated rings. The van der Waals surface area contributed by atoms with Crippen molar-refractivity contribution in [3.63, 3.8) is 0 Å². The molecule has 1 atom stereocenters. The summed E-state index contributed by atoms with van der Waals surface area (Å²) in [6.45, 7) is 1.93. The molecule has 0 aliphatic heterocycles. The highest BCUT2D eigenvalue weighted by molar-refractivity contribution is 7.90. The van der Waals surface area contributed by atoms with Gasteiger partial charge in [0.1, 0.15) is 0 Å². The summed E-state index contributed by atoms with van der Waals surface area (Å²) in [5.74, 6) is 0.0436. The molecule has 0 aliphatic rings. The first kappa shape index (κ1) is 16.7. The quantitative estimate of drug-likeness (QED) is 0.843. The molecule has 0 N–H and O–H groups in total. The summed E-state index contributed by atoms with van der Waals surface area (Å²) in [7, 11) is -1.43. The van der Waals surface area contributed by atoms with Crippen LogP contribution in [-0.2, 0) is 21.1 Å². The molecule has 0 spiro atoms. The van der Waals surface area contributed by atoms with Gasteiger partial charge < -0.3 is 4.90 Å². The maximum atomic E-state index is 12.3. The van der Waals surface area contributed by atoms with E-state index in [0.717, 1.165) is 10.4 Å². The Balaban J connectivity index is 2.09. The van der Waals surface area contributed by atoms with Crippen LogP contribution in [0.5, 0.6) is 0 Å². The van der Waals surface area contributed by atoms with Gasteiger partial charge in [-0.15, -0.1) is 11.3 Å². The van der Waals surface area contributed by atoms with Gasteiger partial charge >= 0.3 is 0 Å². The number of carbonyl (C=O) groups is 1. The number of likely N-dealkylation sites (N-methyl/N-ethyl adjacent to an activating group) is 1. The third kappa shape index (κ3) is 3.96. The second-order valence-corrected chi connectivity index (χ2v) is 8.33. The fourth-order valence-corrected chi connectivity index (χ4v) is 3.45. The first-order valence-electron chi connectivity index (χ1n) is 6.87. The lowest BCUT2D eigenvalue weighted by molar-refractivity contribution is -0.131. The molecule has 2 rings (SSSR count). The van der Waals surface area contributed by atoms with E-state index in [2.05, 4.69) is 0 Å². The Labute approximate surface area is 135 Å². The number of sulfone groups is 1. The number of thiophene rings is 1. The lowest BCUT2D eigenvalue weighted by Crippen LogP contribution is -2.30. The Morgan fingerprint density at radius 3 is 2.36 bits per heavy atom.